The zero-order chi connectivity index (χ0) is 36.7. The van der Waals surface area contributed by atoms with Crippen LogP contribution in [0.2, 0.25) is 0 Å². The number of hydrogen-bond donors (Lipinski definition) is 0. The van der Waals surface area contributed by atoms with E-state index in [4.69, 9.17) is 15.0 Å². The quantitative estimate of drug-likeness (QED) is 0.178. The number of benzene rings is 7. The number of pyridine rings is 2. The average Bonchev–Trinajstić information content (AvgIpc) is 3.78. The minimum atomic E-state index is 0.586. The lowest BCUT2D eigenvalue weighted by molar-refractivity contribution is 1.07. The molecule has 258 valence electrons. The van der Waals surface area contributed by atoms with Gasteiger partial charge in [-0.1, -0.05) is 109 Å². The van der Waals surface area contributed by atoms with E-state index in [-0.39, 0.29) is 0 Å². The van der Waals surface area contributed by atoms with Crippen molar-refractivity contribution in [2.75, 3.05) is 0 Å². The zero-order valence-corrected chi connectivity index (χ0v) is 30.0. The molecule has 0 bridgehead atoms. The highest BCUT2D eigenvalue weighted by molar-refractivity contribution is 6.20. The van der Waals surface area contributed by atoms with Crippen molar-refractivity contribution in [1.29, 1.82) is 0 Å². The SMILES string of the molecule is c1ccc2c(c1)-c1cccc3c(-c4cc(-c5nc(-c6ccncc6)nc(-c6ccncc6)n5)cc(-c5ccc6c7c(cccc57)-c5ccccc5-6)c4)ccc-2c13. The molecule has 56 heavy (non-hydrogen) atoms. The predicted octanol–water partition coefficient (Wildman–Crippen LogP) is 12.6. The van der Waals surface area contributed by atoms with Gasteiger partial charge in [-0.15, -0.1) is 0 Å². The lowest BCUT2D eigenvalue weighted by Gasteiger charge is -2.16. The Morgan fingerprint density at radius 2 is 0.589 bits per heavy atom. The number of fused-ring (bicyclic) bond motifs is 6. The Labute approximate surface area is 322 Å². The van der Waals surface area contributed by atoms with Gasteiger partial charge in [-0.05, 0) is 131 Å². The molecule has 0 saturated heterocycles. The molecule has 0 aliphatic heterocycles. The van der Waals surface area contributed by atoms with E-state index in [0.717, 1.165) is 38.9 Å². The van der Waals surface area contributed by atoms with Crippen molar-refractivity contribution in [2.45, 2.75) is 0 Å². The molecule has 3 heterocycles. The summed E-state index contributed by atoms with van der Waals surface area (Å²) in [4.78, 5) is 23.8. The van der Waals surface area contributed by atoms with Crippen LogP contribution in [0.4, 0.5) is 0 Å². The van der Waals surface area contributed by atoms with E-state index in [9.17, 15) is 0 Å². The second kappa shape index (κ2) is 11.9. The minimum absolute atomic E-state index is 0.586. The molecule has 0 saturated carbocycles. The summed E-state index contributed by atoms with van der Waals surface area (Å²) in [5.74, 6) is 1.77. The minimum Gasteiger partial charge on any atom is -0.265 e. The fourth-order valence-corrected chi connectivity index (χ4v) is 8.95. The first-order valence-electron chi connectivity index (χ1n) is 18.8. The van der Waals surface area contributed by atoms with E-state index in [0.29, 0.717) is 17.5 Å². The van der Waals surface area contributed by atoms with Gasteiger partial charge in [0.15, 0.2) is 17.5 Å². The monoisotopic (exact) mass is 711 g/mol. The molecule has 5 nitrogen and oxygen atoms in total. The van der Waals surface area contributed by atoms with Gasteiger partial charge in [0, 0.05) is 41.5 Å². The third-order valence-corrected chi connectivity index (χ3v) is 11.4. The van der Waals surface area contributed by atoms with Crippen molar-refractivity contribution in [3.63, 3.8) is 0 Å². The van der Waals surface area contributed by atoms with Crippen molar-refractivity contribution in [3.05, 3.63) is 176 Å². The maximum Gasteiger partial charge on any atom is 0.164 e. The summed E-state index contributed by atoms with van der Waals surface area (Å²) in [5, 5.41) is 5.03. The number of hydrogen-bond acceptors (Lipinski definition) is 5. The van der Waals surface area contributed by atoms with Gasteiger partial charge in [0.1, 0.15) is 0 Å². The smallest absolute Gasteiger partial charge is 0.164 e. The standard InChI is InChI=1S/C51H29N5/c1-3-9-39-37(7-1)43-13-5-11-41-35(15-17-45(39)47(41)43)32-27-33(36-16-18-46-40-10-4-2-8-38(40)44-14-6-12-42(36)48(44)46)29-34(28-32)51-55-49(30-19-23-52-24-20-30)54-50(56-51)31-21-25-53-26-22-31/h1-29H. The van der Waals surface area contributed by atoms with E-state index >= 15 is 0 Å². The molecule has 2 aliphatic rings. The van der Waals surface area contributed by atoms with Crippen LogP contribution in [-0.2, 0) is 0 Å². The molecule has 12 rings (SSSR count). The maximum absolute atomic E-state index is 5.16. The Kier molecular flexibility index (Phi) is 6.56. The molecule has 0 spiro atoms. The molecule has 0 atom stereocenters. The third-order valence-electron chi connectivity index (χ3n) is 11.4. The average molecular weight is 712 g/mol. The highest BCUT2D eigenvalue weighted by Gasteiger charge is 2.25. The molecule has 0 radical (unpaired) electrons. The second-order valence-electron chi connectivity index (χ2n) is 14.4. The first-order valence-corrected chi connectivity index (χ1v) is 18.8. The van der Waals surface area contributed by atoms with Crippen LogP contribution in [-0.4, -0.2) is 24.9 Å². The van der Waals surface area contributed by atoms with Gasteiger partial charge in [-0.25, -0.2) is 15.0 Å². The molecule has 2 aliphatic carbocycles. The van der Waals surface area contributed by atoms with Crippen molar-refractivity contribution >= 4 is 21.5 Å². The van der Waals surface area contributed by atoms with Gasteiger partial charge < -0.3 is 0 Å². The normalized spacial score (nSPS) is 11.9. The molecule has 0 amide bonds. The Hall–Kier alpha value is -7.63. The van der Waals surface area contributed by atoms with E-state index in [1.165, 1.54) is 66.1 Å². The maximum atomic E-state index is 5.16. The number of nitrogens with zero attached hydrogens (tertiary/aromatic N) is 5. The largest absolute Gasteiger partial charge is 0.265 e. The Morgan fingerprint density at radius 3 is 1.02 bits per heavy atom. The summed E-state index contributed by atoms with van der Waals surface area (Å²) < 4.78 is 0. The van der Waals surface area contributed by atoms with Gasteiger partial charge in [-0.3, -0.25) is 9.97 Å². The van der Waals surface area contributed by atoms with Crippen molar-refractivity contribution in [1.82, 2.24) is 24.9 Å². The van der Waals surface area contributed by atoms with E-state index in [1.807, 2.05) is 24.3 Å². The fourth-order valence-electron chi connectivity index (χ4n) is 8.95. The molecular formula is C51H29N5. The highest BCUT2D eigenvalue weighted by Crippen LogP contribution is 2.51. The van der Waals surface area contributed by atoms with Crippen LogP contribution in [0.3, 0.4) is 0 Å². The summed E-state index contributed by atoms with van der Waals surface area (Å²) in [7, 11) is 0. The van der Waals surface area contributed by atoms with Gasteiger partial charge in [0.2, 0.25) is 0 Å². The highest BCUT2D eigenvalue weighted by atomic mass is 15.0. The molecule has 5 heteroatoms. The Bertz CT molecular complexity index is 2980. The molecule has 10 aromatic rings. The van der Waals surface area contributed by atoms with Crippen LogP contribution in [0.15, 0.2) is 176 Å². The van der Waals surface area contributed by atoms with Crippen LogP contribution in [0, 0.1) is 0 Å². The van der Waals surface area contributed by atoms with Crippen LogP contribution < -0.4 is 0 Å². The summed E-state index contributed by atoms with van der Waals surface area (Å²) in [6.07, 6.45) is 7.08. The Balaban J connectivity index is 1.13. The van der Waals surface area contributed by atoms with Crippen LogP contribution in [0.25, 0.3) is 122 Å². The first-order chi connectivity index (χ1) is 27.8. The lowest BCUT2D eigenvalue weighted by Crippen LogP contribution is -2.01. The van der Waals surface area contributed by atoms with Crippen molar-refractivity contribution in [2.24, 2.45) is 0 Å². The van der Waals surface area contributed by atoms with Crippen molar-refractivity contribution < 1.29 is 0 Å². The lowest BCUT2D eigenvalue weighted by atomic mass is 9.89. The van der Waals surface area contributed by atoms with E-state index < -0.39 is 0 Å². The van der Waals surface area contributed by atoms with Crippen LogP contribution in [0.1, 0.15) is 0 Å². The third kappa shape index (κ3) is 4.58. The molecule has 7 aromatic carbocycles. The van der Waals surface area contributed by atoms with Crippen LogP contribution in [0.5, 0.6) is 0 Å². The Morgan fingerprint density at radius 1 is 0.250 bits per heavy atom. The van der Waals surface area contributed by atoms with E-state index in [2.05, 4.69) is 137 Å². The van der Waals surface area contributed by atoms with Gasteiger partial charge in [-0.2, -0.15) is 0 Å². The predicted molar refractivity (Wildman–Crippen MR) is 226 cm³/mol. The molecule has 3 aromatic heterocycles. The number of aromatic nitrogens is 5. The van der Waals surface area contributed by atoms with Gasteiger partial charge in [0.25, 0.3) is 0 Å². The molecule has 0 N–H and O–H groups in total. The van der Waals surface area contributed by atoms with Crippen LogP contribution >= 0.6 is 0 Å². The second-order valence-corrected chi connectivity index (χ2v) is 14.4. The van der Waals surface area contributed by atoms with Gasteiger partial charge >= 0.3 is 0 Å². The first kappa shape index (κ1) is 30.8. The summed E-state index contributed by atoms with van der Waals surface area (Å²) in [6, 6.07) is 54.6. The summed E-state index contributed by atoms with van der Waals surface area (Å²) in [5.41, 5.74) is 17.4. The zero-order valence-electron chi connectivity index (χ0n) is 30.0. The van der Waals surface area contributed by atoms with Gasteiger partial charge in [0.05, 0.1) is 0 Å². The molecular weight excluding hydrogens is 683 g/mol. The van der Waals surface area contributed by atoms with E-state index in [1.54, 1.807) is 24.8 Å². The molecule has 0 fully saturated rings. The summed E-state index contributed by atoms with van der Waals surface area (Å²) >= 11 is 0. The molecule has 0 unspecified atom stereocenters. The number of rotatable bonds is 5. The van der Waals surface area contributed by atoms with Crippen molar-refractivity contribution in [3.8, 4) is 101 Å². The summed E-state index contributed by atoms with van der Waals surface area (Å²) in [6.45, 7) is 0. The fraction of sp³-hybridized carbons (Fsp3) is 0. The topological polar surface area (TPSA) is 64.5 Å².